The predicted octanol–water partition coefficient (Wildman–Crippen LogP) is 4.57. The summed E-state index contributed by atoms with van der Waals surface area (Å²) in [6.45, 7) is 0.0780. The highest BCUT2D eigenvalue weighted by Gasteiger charge is 2.18. The molecule has 0 saturated heterocycles. The highest BCUT2D eigenvalue weighted by atomic mass is 16.5. The standard InChI is InChI=1S/C25H22N2O3/c1-26(19-10-4-2-5-11-19)25(29)17-27-16-22(21-14-8-9-15-23(21)27)24(28)18-30-20-12-6-3-7-13-20/h2-16H,17-18H2,1H3. The smallest absolute Gasteiger partial charge is 0.246 e. The Morgan fingerprint density at radius 2 is 1.50 bits per heavy atom. The molecule has 4 aromatic rings. The van der Waals surface area contributed by atoms with Crippen LogP contribution in [0.2, 0.25) is 0 Å². The molecule has 0 N–H and O–H groups in total. The van der Waals surface area contributed by atoms with E-state index in [9.17, 15) is 9.59 Å². The summed E-state index contributed by atoms with van der Waals surface area (Å²) in [5, 5.41) is 0.814. The minimum absolute atomic E-state index is 0.0596. The summed E-state index contributed by atoms with van der Waals surface area (Å²) in [6.07, 6.45) is 1.75. The van der Waals surface area contributed by atoms with E-state index in [-0.39, 0.29) is 24.8 Å². The van der Waals surface area contributed by atoms with Gasteiger partial charge in [-0.2, -0.15) is 0 Å². The molecule has 0 radical (unpaired) electrons. The lowest BCUT2D eigenvalue weighted by Gasteiger charge is -2.18. The molecule has 1 aromatic heterocycles. The number of hydrogen-bond donors (Lipinski definition) is 0. The summed E-state index contributed by atoms with van der Waals surface area (Å²) in [7, 11) is 1.75. The van der Waals surface area contributed by atoms with Crippen molar-refractivity contribution in [3.05, 3.63) is 96.7 Å². The van der Waals surface area contributed by atoms with E-state index < -0.39 is 0 Å². The molecule has 0 fully saturated rings. The number of likely N-dealkylation sites (N-methyl/N-ethyl adjacent to an activating group) is 1. The van der Waals surface area contributed by atoms with Crippen LogP contribution in [0, 0.1) is 0 Å². The zero-order chi connectivity index (χ0) is 20.9. The molecule has 5 heteroatoms. The molecule has 0 aliphatic heterocycles. The molecule has 1 heterocycles. The van der Waals surface area contributed by atoms with E-state index in [4.69, 9.17) is 4.74 Å². The number of amides is 1. The average Bonchev–Trinajstić information content (AvgIpc) is 3.17. The number of hydrogen-bond acceptors (Lipinski definition) is 3. The Kier molecular flexibility index (Phi) is 5.61. The lowest BCUT2D eigenvalue weighted by Crippen LogP contribution is -2.29. The second kappa shape index (κ2) is 8.66. The molecule has 0 unspecified atom stereocenters. The van der Waals surface area contributed by atoms with Gasteiger partial charge in [-0.25, -0.2) is 0 Å². The van der Waals surface area contributed by atoms with E-state index in [1.54, 1.807) is 18.1 Å². The predicted molar refractivity (Wildman–Crippen MR) is 118 cm³/mol. The lowest BCUT2D eigenvalue weighted by molar-refractivity contribution is -0.118. The number of nitrogens with zero attached hydrogens (tertiary/aromatic N) is 2. The first-order valence-electron chi connectivity index (χ1n) is 9.74. The third-order valence-electron chi connectivity index (χ3n) is 5.03. The van der Waals surface area contributed by atoms with Crippen molar-refractivity contribution in [1.82, 2.24) is 4.57 Å². The van der Waals surface area contributed by atoms with E-state index in [2.05, 4.69) is 0 Å². The minimum Gasteiger partial charge on any atom is -0.485 e. The van der Waals surface area contributed by atoms with Gasteiger partial charge in [0.2, 0.25) is 11.7 Å². The van der Waals surface area contributed by atoms with Crippen molar-refractivity contribution in [2.45, 2.75) is 6.54 Å². The summed E-state index contributed by atoms with van der Waals surface area (Å²) >= 11 is 0. The number of benzene rings is 3. The van der Waals surface area contributed by atoms with Gasteiger partial charge in [0.05, 0.1) is 0 Å². The highest BCUT2D eigenvalue weighted by Crippen LogP contribution is 2.23. The fourth-order valence-corrected chi connectivity index (χ4v) is 3.39. The number of carbonyl (C=O) groups is 2. The van der Waals surface area contributed by atoms with Gasteiger partial charge >= 0.3 is 0 Å². The maximum absolute atomic E-state index is 12.9. The molecule has 1 amide bonds. The summed E-state index contributed by atoms with van der Waals surface area (Å²) < 4.78 is 7.45. The molecule has 0 spiro atoms. The molecule has 0 aliphatic carbocycles. The van der Waals surface area contributed by atoms with Crippen molar-refractivity contribution in [3.8, 4) is 5.75 Å². The normalized spacial score (nSPS) is 10.7. The third-order valence-corrected chi connectivity index (χ3v) is 5.03. The van der Waals surface area contributed by atoms with Gasteiger partial charge in [0.1, 0.15) is 12.3 Å². The van der Waals surface area contributed by atoms with Crippen molar-refractivity contribution in [2.24, 2.45) is 0 Å². The average molecular weight is 398 g/mol. The first-order chi connectivity index (χ1) is 14.6. The first-order valence-corrected chi connectivity index (χ1v) is 9.74. The SMILES string of the molecule is CN(C(=O)Cn1cc(C(=O)COc2ccccc2)c2ccccc21)c1ccccc1. The van der Waals surface area contributed by atoms with Crippen molar-refractivity contribution in [2.75, 3.05) is 18.6 Å². The molecule has 5 nitrogen and oxygen atoms in total. The van der Waals surface area contributed by atoms with Crippen LogP contribution in [-0.4, -0.2) is 29.9 Å². The number of rotatable bonds is 7. The van der Waals surface area contributed by atoms with Crippen LogP contribution >= 0.6 is 0 Å². The largest absolute Gasteiger partial charge is 0.485 e. The zero-order valence-corrected chi connectivity index (χ0v) is 16.7. The maximum atomic E-state index is 12.9. The van der Waals surface area contributed by atoms with Crippen LogP contribution in [0.1, 0.15) is 10.4 Å². The molecular formula is C25H22N2O3. The van der Waals surface area contributed by atoms with Crippen LogP contribution in [0.15, 0.2) is 91.1 Å². The molecule has 0 atom stereocenters. The highest BCUT2D eigenvalue weighted by molar-refractivity contribution is 6.09. The number of fused-ring (bicyclic) bond motifs is 1. The van der Waals surface area contributed by atoms with Crippen LogP contribution in [0.3, 0.4) is 0 Å². The van der Waals surface area contributed by atoms with E-state index in [1.165, 1.54) is 0 Å². The quantitative estimate of drug-likeness (QED) is 0.429. The number of anilines is 1. The fraction of sp³-hybridized carbons (Fsp3) is 0.120. The minimum atomic E-state index is -0.127. The zero-order valence-electron chi connectivity index (χ0n) is 16.7. The number of carbonyl (C=O) groups excluding carboxylic acids is 2. The van der Waals surface area contributed by atoms with Gasteiger partial charge in [0.15, 0.2) is 6.61 Å². The Hall–Kier alpha value is -3.86. The Morgan fingerprint density at radius 3 is 2.23 bits per heavy atom. The van der Waals surface area contributed by atoms with E-state index in [0.29, 0.717) is 11.3 Å². The van der Waals surface area contributed by atoms with E-state index >= 15 is 0 Å². The molecule has 0 aliphatic rings. The number of ether oxygens (including phenoxy) is 1. The van der Waals surface area contributed by atoms with Gasteiger partial charge in [-0.3, -0.25) is 9.59 Å². The van der Waals surface area contributed by atoms with Gasteiger partial charge in [0, 0.05) is 35.4 Å². The monoisotopic (exact) mass is 398 g/mol. The second-order valence-corrected chi connectivity index (χ2v) is 7.00. The molecule has 150 valence electrons. The molecule has 30 heavy (non-hydrogen) atoms. The van der Waals surface area contributed by atoms with Gasteiger partial charge in [-0.15, -0.1) is 0 Å². The van der Waals surface area contributed by atoms with Gasteiger partial charge in [-0.05, 0) is 30.3 Å². The molecule has 0 saturated carbocycles. The number of aromatic nitrogens is 1. The van der Waals surface area contributed by atoms with Crippen molar-refractivity contribution in [1.29, 1.82) is 0 Å². The van der Waals surface area contributed by atoms with Gasteiger partial charge in [-0.1, -0.05) is 54.6 Å². The summed E-state index contributed by atoms with van der Waals surface area (Å²) in [5.41, 5.74) is 2.22. The fourth-order valence-electron chi connectivity index (χ4n) is 3.39. The number of para-hydroxylation sites is 3. The van der Waals surface area contributed by atoms with Crippen LogP contribution in [-0.2, 0) is 11.3 Å². The Labute approximate surface area is 175 Å². The van der Waals surface area contributed by atoms with Crippen LogP contribution in [0.5, 0.6) is 5.75 Å². The third kappa shape index (κ3) is 4.10. The van der Waals surface area contributed by atoms with Gasteiger partial charge < -0.3 is 14.2 Å². The van der Waals surface area contributed by atoms with Crippen molar-refractivity contribution >= 4 is 28.3 Å². The van der Waals surface area contributed by atoms with Crippen molar-refractivity contribution in [3.63, 3.8) is 0 Å². The van der Waals surface area contributed by atoms with E-state index in [1.807, 2.05) is 89.5 Å². The Balaban J connectivity index is 1.56. The molecule has 0 bridgehead atoms. The van der Waals surface area contributed by atoms with E-state index in [0.717, 1.165) is 16.6 Å². The Bertz CT molecular complexity index is 1170. The number of ketones is 1. The van der Waals surface area contributed by atoms with Crippen LogP contribution in [0.25, 0.3) is 10.9 Å². The summed E-state index contributed by atoms with van der Waals surface area (Å²) in [5.74, 6) is 0.452. The molecule has 3 aromatic carbocycles. The van der Waals surface area contributed by atoms with Gasteiger partial charge in [0.25, 0.3) is 0 Å². The first kappa shape index (κ1) is 19.5. The van der Waals surface area contributed by atoms with Crippen LogP contribution < -0.4 is 9.64 Å². The molecule has 4 rings (SSSR count). The topological polar surface area (TPSA) is 51.5 Å². The lowest BCUT2D eigenvalue weighted by atomic mass is 10.1. The summed E-state index contributed by atoms with van der Waals surface area (Å²) in [4.78, 5) is 27.3. The maximum Gasteiger partial charge on any atom is 0.246 e. The molecular weight excluding hydrogens is 376 g/mol. The van der Waals surface area contributed by atoms with Crippen LogP contribution in [0.4, 0.5) is 5.69 Å². The number of Topliss-reactive ketones (excluding diaryl/α,β-unsaturated/α-hetero) is 1. The Morgan fingerprint density at radius 1 is 0.867 bits per heavy atom. The van der Waals surface area contributed by atoms with Crippen molar-refractivity contribution < 1.29 is 14.3 Å². The summed E-state index contributed by atoms with van der Waals surface area (Å²) in [6, 6.07) is 26.3. The second-order valence-electron chi connectivity index (χ2n) is 7.00.